The standard InChI is InChI=1S/C22H21NO4S/c1-26-20-9-7-16(21-23-19(13-28-21)22(24)25)10-17(20)12-27-18-8-6-14-4-2-3-5-15(14)11-18/h2-11,19,21,23H,12-13H2,1H3,(H,24,25)/t19-,21+/m0/s1. The van der Waals surface area contributed by atoms with Crippen LogP contribution in [0.3, 0.4) is 0 Å². The summed E-state index contributed by atoms with van der Waals surface area (Å²) in [6.07, 6.45) is 0. The molecule has 0 spiro atoms. The van der Waals surface area contributed by atoms with Crippen molar-refractivity contribution in [3.05, 3.63) is 71.8 Å². The molecule has 0 saturated carbocycles. The van der Waals surface area contributed by atoms with E-state index >= 15 is 0 Å². The molecule has 0 amide bonds. The highest BCUT2D eigenvalue weighted by Gasteiger charge is 2.30. The minimum absolute atomic E-state index is 0.0496. The minimum atomic E-state index is -0.816. The molecule has 144 valence electrons. The number of hydrogen-bond donors (Lipinski definition) is 2. The highest BCUT2D eigenvalue weighted by atomic mass is 32.2. The molecule has 1 fully saturated rings. The van der Waals surface area contributed by atoms with Crippen molar-refractivity contribution in [2.24, 2.45) is 0 Å². The van der Waals surface area contributed by atoms with Crippen LogP contribution in [0.25, 0.3) is 10.8 Å². The van der Waals surface area contributed by atoms with Gasteiger partial charge < -0.3 is 14.6 Å². The number of carboxylic acid groups (broad SMARTS) is 1. The molecule has 1 aliphatic rings. The second-order valence-electron chi connectivity index (χ2n) is 6.64. The fourth-order valence-electron chi connectivity index (χ4n) is 3.30. The van der Waals surface area contributed by atoms with Gasteiger partial charge in [-0.05, 0) is 40.6 Å². The molecular formula is C22H21NO4S. The summed E-state index contributed by atoms with van der Waals surface area (Å²) < 4.78 is 11.5. The lowest BCUT2D eigenvalue weighted by molar-refractivity contribution is -0.138. The van der Waals surface area contributed by atoms with E-state index in [0.29, 0.717) is 12.4 Å². The Morgan fingerprint density at radius 3 is 2.71 bits per heavy atom. The lowest BCUT2D eigenvalue weighted by atomic mass is 10.1. The zero-order valence-electron chi connectivity index (χ0n) is 15.4. The number of benzene rings is 3. The second-order valence-corrected chi connectivity index (χ2v) is 7.78. The van der Waals surface area contributed by atoms with E-state index in [9.17, 15) is 9.90 Å². The predicted molar refractivity (Wildman–Crippen MR) is 111 cm³/mol. The Balaban J connectivity index is 1.52. The van der Waals surface area contributed by atoms with Crippen molar-refractivity contribution in [3.8, 4) is 11.5 Å². The number of carboxylic acids is 1. The Kier molecular flexibility index (Phi) is 5.41. The van der Waals surface area contributed by atoms with Gasteiger partial charge in [0.05, 0.1) is 12.5 Å². The molecule has 0 aromatic heterocycles. The van der Waals surface area contributed by atoms with Gasteiger partial charge in [0.15, 0.2) is 0 Å². The number of methoxy groups -OCH3 is 1. The molecule has 0 radical (unpaired) electrons. The molecule has 3 aromatic rings. The number of rotatable bonds is 6. The van der Waals surface area contributed by atoms with E-state index in [0.717, 1.165) is 28.0 Å². The highest BCUT2D eigenvalue weighted by Crippen LogP contribution is 2.35. The molecule has 1 saturated heterocycles. The van der Waals surface area contributed by atoms with Gasteiger partial charge in [-0.25, -0.2) is 0 Å². The quantitative estimate of drug-likeness (QED) is 0.652. The van der Waals surface area contributed by atoms with Crippen molar-refractivity contribution in [2.75, 3.05) is 12.9 Å². The van der Waals surface area contributed by atoms with Crippen LogP contribution in [-0.4, -0.2) is 30.0 Å². The number of thioether (sulfide) groups is 1. The van der Waals surface area contributed by atoms with Crippen LogP contribution in [0.4, 0.5) is 0 Å². The van der Waals surface area contributed by atoms with Crippen molar-refractivity contribution in [2.45, 2.75) is 18.0 Å². The number of hydrogen-bond acceptors (Lipinski definition) is 5. The maximum absolute atomic E-state index is 11.2. The van der Waals surface area contributed by atoms with Crippen molar-refractivity contribution < 1.29 is 19.4 Å². The fraction of sp³-hybridized carbons (Fsp3) is 0.227. The van der Waals surface area contributed by atoms with Crippen LogP contribution in [0, 0.1) is 0 Å². The summed E-state index contributed by atoms with van der Waals surface area (Å²) in [4.78, 5) is 11.2. The fourth-order valence-corrected chi connectivity index (χ4v) is 4.52. The van der Waals surface area contributed by atoms with Gasteiger partial charge in [-0.15, -0.1) is 11.8 Å². The maximum atomic E-state index is 11.2. The molecule has 4 rings (SSSR count). The van der Waals surface area contributed by atoms with Gasteiger partial charge in [0.25, 0.3) is 0 Å². The van der Waals surface area contributed by atoms with Crippen molar-refractivity contribution in [1.82, 2.24) is 5.32 Å². The first-order chi connectivity index (χ1) is 13.6. The Morgan fingerprint density at radius 1 is 1.14 bits per heavy atom. The topological polar surface area (TPSA) is 67.8 Å². The first-order valence-electron chi connectivity index (χ1n) is 9.03. The summed E-state index contributed by atoms with van der Waals surface area (Å²) in [5.41, 5.74) is 1.95. The third-order valence-corrected chi connectivity index (χ3v) is 6.07. The number of fused-ring (bicyclic) bond motifs is 1. The van der Waals surface area contributed by atoms with E-state index in [1.54, 1.807) is 18.9 Å². The third-order valence-electron chi connectivity index (χ3n) is 4.80. The van der Waals surface area contributed by atoms with Gasteiger partial charge in [-0.1, -0.05) is 36.4 Å². The van der Waals surface area contributed by atoms with Crippen LogP contribution in [0.2, 0.25) is 0 Å². The van der Waals surface area contributed by atoms with Crippen LogP contribution in [-0.2, 0) is 11.4 Å². The van der Waals surface area contributed by atoms with E-state index in [1.807, 2.05) is 48.5 Å². The smallest absolute Gasteiger partial charge is 0.321 e. The Bertz CT molecular complexity index is 1010. The minimum Gasteiger partial charge on any atom is -0.496 e. The van der Waals surface area contributed by atoms with Gasteiger partial charge >= 0.3 is 5.97 Å². The van der Waals surface area contributed by atoms with Crippen molar-refractivity contribution >= 4 is 28.5 Å². The third kappa shape index (κ3) is 3.93. The number of carbonyl (C=O) groups is 1. The molecule has 0 aliphatic carbocycles. The summed E-state index contributed by atoms with van der Waals surface area (Å²) in [6, 6.07) is 19.6. The lowest BCUT2D eigenvalue weighted by Crippen LogP contribution is -2.33. The Morgan fingerprint density at radius 2 is 1.96 bits per heavy atom. The average molecular weight is 395 g/mol. The number of aliphatic carboxylic acids is 1. The molecule has 5 nitrogen and oxygen atoms in total. The van der Waals surface area contributed by atoms with E-state index in [2.05, 4.69) is 17.4 Å². The molecule has 2 N–H and O–H groups in total. The largest absolute Gasteiger partial charge is 0.496 e. The molecule has 1 aliphatic heterocycles. The summed E-state index contributed by atoms with van der Waals surface area (Å²) in [5, 5.41) is 14.6. The summed E-state index contributed by atoms with van der Waals surface area (Å²) in [5.74, 6) is 1.28. The van der Waals surface area contributed by atoms with Gasteiger partial charge in [0.2, 0.25) is 0 Å². The van der Waals surface area contributed by atoms with E-state index in [1.165, 1.54) is 5.39 Å². The molecule has 28 heavy (non-hydrogen) atoms. The molecule has 0 bridgehead atoms. The normalized spacial score (nSPS) is 18.9. The SMILES string of the molecule is COc1ccc([C@@H]2N[C@H](C(=O)O)CS2)cc1COc1ccc2ccccc2c1. The van der Waals surface area contributed by atoms with Gasteiger partial charge in [-0.2, -0.15) is 0 Å². The van der Waals surface area contributed by atoms with Crippen LogP contribution >= 0.6 is 11.8 Å². The van der Waals surface area contributed by atoms with Crippen LogP contribution in [0.15, 0.2) is 60.7 Å². The molecule has 6 heteroatoms. The molecule has 0 unspecified atom stereocenters. The zero-order valence-corrected chi connectivity index (χ0v) is 16.2. The maximum Gasteiger partial charge on any atom is 0.321 e. The zero-order chi connectivity index (χ0) is 19.5. The van der Waals surface area contributed by atoms with Crippen LogP contribution in [0.5, 0.6) is 11.5 Å². The van der Waals surface area contributed by atoms with Crippen molar-refractivity contribution in [3.63, 3.8) is 0 Å². The first kappa shape index (κ1) is 18.7. The van der Waals surface area contributed by atoms with Gasteiger partial charge in [-0.3, -0.25) is 10.1 Å². The van der Waals surface area contributed by atoms with E-state index in [4.69, 9.17) is 9.47 Å². The second kappa shape index (κ2) is 8.12. The summed E-state index contributed by atoms with van der Waals surface area (Å²) in [7, 11) is 1.64. The van der Waals surface area contributed by atoms with Gasteiger partial charge in [0.1, 0.15) is 24.1 Å². The highest BCUT2D eigenvalue weighted by molar-refractivity contribution is 7.99. The monoisotopic (exact) mass is 395 g/mol. The lowest BCUT2D eigenvalue weighted by Gasteiger charge is -2.16. The number of ether oxygens (including phenoxy) is 2. The summed E-state index contributed by atoms with van der Waals surface area (Å²) in [6.45, 7) is 0.370. The Hall–Kier alpha value is -2.70. The predicted octanol–water partition coefficient (Wildman–Crippen LogP) is 4.22. The van der Waals surface area contributed by atoms with E-state index < -0.39 is 12.0 Å². The number of nitrogens with one attached hydrogen (secondary N) is 1. The van der Waals surface area contributed by atoms with Crippen molar-refractivity contribution in [1.29, 1.82) is 0 Å². The molecular weight excluding hydrogens is 374 g/mol. The van der Waals surface area contributed by atoms with Crippen LogP contribution < -0.4 is 14.8 Å². The summed E-state index contributed by atoms with van der Waals surface area (Å²) >= 11 is 1.60. The van der Waals surface area contributed by atoms with Crippen LogP contribution in [0.1, 0.15) is 16.5 Å². The Labute approximate surface area is 167 Å². The average Bonchev–Trinajstić information content (AvgIpc) is 3.22. The molecule has 2 atom stereocenters. The molecule has 3 aromatic carbocycles. The van der Waals surface area contributed by atoms with Gasteiger partial charge in [0, 0.05) is 11.3 Å². The van der Waals surface area contributed by atoms with E-state index in [-0.39, 0.29) is 5.37 Å². The first-order valence-corrected chi connectivity index (χ1v) is 10.1. The molecule has 1 heterocycles.